The predicted molar refractivity (Wildman–Crippen MR) is 95.8 cm³/mol. The molecule has 0 unspecified atom stereocenters. The van der Waals surface area contributed by atoms with Crippen LogP contribution in [0.4, 0.5) is 5.69 Å². The van der Waals surface area contributed by atoms with Crippen molar-refractivity contribution in [3.05, 3.63) is 59.7 Å². The molecular formula is C19H19NO3S. The van der Waals surface area contributed by atoms with Crippen molar-refractivity contribution in [2.45, 2.75) is 23.5 Å². The number of thioether (sulfide) groups is 1. The monoisotopic (exact) mass is 341 g/mol. The van der Waals surface area contributed by atoms with Crippen molar-refractivity contribution in [2.24, 2.45) is 0 Å². The van der Waals surface area contributed by atoms with Crippen LogP contribution in [-0.2, 0) is 4.74 Å². The van der Waals surface area contributed by atoms with Crippen LogP contribution in [0, 0.1) is 0 Å². The minimum absolute atomic E-state index is 0.0476. The highest BCUT2D eigenvalue weighted by atomic mass is 32.2. The van der Waals surface area contributed by atoms with E-state index in [1.165, 1.54) is 7.11 Å². The molecule has 2 aromatic rings. The van der Waals surface area contributed by atoms with Gasteiger partial charge >= 0.3 is 5.97 Å². The highest BCUT2D eigenvalue weighted by Crippen LogP contribution is 2.37. The van der Waals surface area contributed by atoms with Gasteiger partial charge in [-0.05, 0) is 42.8 Å². The Kier molecular flexibility index (Phi) is 4.90. The molecule has 3 rings (SSSR count). The maximum absolute atomic E-state index is 13.0. The number of nitrogens with zero attached hydrogens (tertiary/aromatic N) is 1. The molecule has 24 heavy (non-hydrogen) atoms. The molecule has 0 spiro atoms. The van der Waals surface area contributed by atoms with E-state index in [1.807, 2.05) is 23.1 Å². The number of carbonyl (C=O) groups is 2. The molecule has 1 atom stereocenters. The Bertz CT molecular complexity index is 757. The van der Waals surface area contributed by atoms with E-state index in [0.717, 1.165) is 17.0 Å². The highest BCUT2D eigenvalue weighted by molar-refractivity contribution is 8.00. The third-order valence-electron chi connectivity index (χ3n) is 4.04. The maximum Gasteiger partial charge on any atom is 0.337 e. The fraction of sp³-hybridized carbons (Fsp3) is 0.263. The number of hydrogen-bond acceptors (Lipinski definition) is 4. The van der Waals surface area contributed by atoms with Crippen LogP contribution in [0.3, 0.4) is 0 Å². The van der Waals surface area contributed by atoms with Crippen molar-refractivity contribution < 1.29 is 14.3 Å². The van der Waals surface area contributed by atoms with Crippen molar-refractivity contribution in [2.75, 3.05) is 18.6 Å². The average Bonchev–Trinajstić information content (AvgIpc) is 2.78. The number of amides is 1. The molecule has 1 amide bonds. The third-order valence-corrected chi connectivity index (χ3v) is 5.28. The van der Waals surface area contributed by atoms with Crippen LogP contribution >= 0.6 is 11.8 Å². The van der Waals surface area contributed by atoms with Gasteiger partial charge in [0.2, 0.25) is 0 Å². The van der Waals surface area contributed by atoms with Crippen LogP contribution in [0.15, 0.2) is 53.4 Å². The second-order valence-corrected chi connectivity index (χ2v) is 7.19. The first-order chi connectivity index (χ1) is 11.6. The maximum atomic E-state index is 13.0. The summed E-state index contributed by atoms with van der Waals surface area (Å²) in [7, 11) is 1.34. The molecule has 1 heterocycles. The Morgan fingerprint density at radius 3 is 2.46 bits per heavy atom. The average molecular weight is 341 g/mol. The molecule has 1 aliphatic rings. The Balaban J connectivity index is 1.90. The fourth-order valence-electron chi connectivity index (χ4n) is 2.72. The van der Waals surface area contributed by atoms with Crippen molar-refractivity contribution >= 4 is 29.3 Å². The molecule has 0 aliphatic carbocycles. The molecule has 0 radical (unpaired) electrons. The van der Waals surface area contributed by atoms with Gasteiger partial charge in [0.25, 0.3) is 5.91 Å². The number of rotatable bonds is 2. The van der Waals surface area contributed by atoms with Crippen molar-refractivity contribution in [1.82, 2.24) is 0 Å². The molecule has 0 aromatic heterocycles. The minimum Gasteiger partial charge on any atom is -0.465 e. The van der Waals surface area contributed by atoms with Crippen LogP contribution in [0.25, 0.3) is 0 Å². The van der Waals surface area contributed by atoms with E-state index in [9.17, 15) is 9.59 Å². The molecule has 0 fully saturated rings. The smallest absolute Gasteiger partial charge is 0.337 e. The number of methoxy groups -OCH3 is 1. The summed E-state index contributed by atoms with van der Waals surface area (Å²) in [6, 6.07) is 14.6. The van der Waals surface area contributed by atoms with Crippen molar-refractivity contribution in [1.29, 1.82) is 0 Å². The SMILES string of the molecule is COC(=O)c1ccc(C(=O)N2CC[C@H](C)Sc3ccccc32)cc1. The number of hydrogen-bond donors (Lipinski definition) is 0. The first-order valence-electron chi connectivity index (χ1n) is 7.86. The van der Waals surface area contributed by atoms with E-state index >= 15 is 0 Å². The van der Waals surface area contributed by atoms with Gasteiger partial charge in [-0.15, -0.1) is 11.8 Å². The highest BCUT2D eigenvalue weighted by Gasteiger charge is 2.25. The zero-order valence-electron chi connectivity index (χ0n) is 13.7. The van der Waals surface area contributed by atoms with Crippen molar-refractivity contribution in [3.8, 4) is 0 Å². The van der Waals surface area contributed by atoms with E-state index in [1.54, 1.807) is 36.0 Å². The zero-order chi connectivity index (χ0) is 17.1. The number of esters is 1. The number of ether oxygens (including phenoxy) is 1. The summed E-state index contributed by atoms with van der Waals surface area (Å²) < 4.78 is 4.69. The standard InChI is InChI=1S/C19H19NO3S/c1-13-11-12-20(16-5-3-4-6-17(16)24-13)18(21)14-7-9-15(10-8-14)19(22)23-2/h3-10,13H,11-12H2,1-2H3/t13-/m0/s1. The predicted octanol–water partition coefficient (Wildman–Crippen LogP) is 4.00. The molecule has 4 nitrogen and oxygen atoms in total. The lowest BCUT2D eigenvalue weighted by atomic mass is 10.1. The van der Waals surface area contributed by atoms with E-state index < -0.39 is 5.97 Å². The largest absolute Gasteiger partial charge is 0.465 e. The van der Waals surface area contributed by atoms with Crippen LogP contribution in [0.1, 0.15) is 34.1 Å². The lowest BCUT2D eigenvalue weighted by molar-refractivity contribution is 0.0600. The lowest BCUT2D eigenvalue weighted by Gasteiger charge is -2.22. The second-order valence-electron chi connectivity index (χ2n) is 5.71. The minimum atomic E-state index is -0.403. The summed E-state index contributed by atoms with van der Waals surface area (Å²) in [4.78, 5) is 27.5. The lowest BCUT2D eigenvalue weighted by Crippen LogP contribution is -2.32. The van der Waals surface area contributed by atoms with Gasteiger partial charge in [-0.3, -0.25) is 4.79 Å². The summed E-state index contributed by atoms with van der Waals surface area (Å²) in [6.07, 6.45) is 0.936. The molecule has 0 saturated carbocycles. The number of benzene rings is 2. The molecule has 0 bridgehead atoms. The molecule has 124 valence electrons. The second kappa shape index (κ2) is 7.09. The van der Waals surface area contributed by atoms with Crippen LogP contribution in [0.2, 0.25) is 0 Å². The van der Waals surface area contributed by atoms with E-state index in [-0.39, 0.29) is 5.91 Å². The summed E-state index contributed by atoms with van der Waals surface area (Å²) in [5.41, 5.74) is 1.96. The Morgan fingerprint density at radius 1 is 1.08 bits per heavy atom. The molecular weight excluding hydrogens is 322 g/mol. The van der Waals surface area contributed by atoms with Crippen LogP contribution < -0.4 is 4.90 Å². The quantitative estimate of drug-likeness (QED) is 0.775. The van der Waals surface area contributed by atoms with E-state index in [0.29, 0.717) is 22.9 Å². The molecule has 5 heteroatoms. The topological polar surface area (TPSA) is 46.6 Å². The van der Waals surface area contributed by atoms with Gasteiger partial charge in [0.15, 0.2) is 0 Å². The number of carbonyl (C=O) groups excluding carboxylic acids is 2. The summed E-state index contributed by atoms with van der Waals surface area (Å²) in [5, 5.41) is 0.464. The van der Waals surface area contributed by atoms with Gasteiger partial charge in [-0.25, -0.2) is 4.79 Å². The molecule has 1 aliphatic heterocycles. The van der Waals surface area contributed by atoms with Crippen molar-refractivity contribution in [3.63, 3.8) is 0 Å². The number of anilines is 1. The van der Waals surface area contributed by atoms with Gasteiger partial charge in [-0.2, -0.15) is 0 Å². The molecule has 0 N–H and O–H groups in total. The molecule has 0 saturated heterocycles. The van der Waals surface area contributed by atoms with Gasteiger partial charge in [0.1, 0.15) is 0 Å². The normalized spacial score (nSPS) is 16.9. The number of fused-ring (bicyclic) bond motifs is 1. The zero-order valence-corrected chi connectivity index (χ0v) is 14.5. The van der Waals surface area contributed by atoms with Gasteiger partial charge in [-0.1, -0.05) is 19.1 Å². The van der Waals surface area contributed by atoms with Crippen LogP contribution in [-0.4, -0.2) is 30.8 Å². The third kappa shape index (κ3) is 3.31. The number of para-hydroxylation sites is 1. The van der Waals surface area contributed by atoms with Gasteiger partial charge in [0, 0.05) is 22.3 Å². The van der Waals surface area contributed by atoms with Crippen LogP contribution in [0.5, 0.6) is 0 Å². The Labute approximate surface area is 145 Å². The summed E-state index contributed by atoms with van der Waals surface area (Å²) in [5.74, 6) is -0.451. The first-order valence-corrected chi connectivity index (χ1v) is 8.74. The molecule has 2 aromatic carbocycles. The Hall–Kier alpha value is -2.27. The summed E-state index contributed by atoms with van der Waals surface area (Å²) in [6.45, 7) is 2.86. The fourth-order valence-corrected chi connectivity index (χ4v) is 3.83. The first kappa shape index (κ1) is 16.6. The van der Waals surface area contributed by atoms with Gasteiger partial charge in [0.05, 0.1) is 18.4 Å². The summed E-state index contributed by atoms with van der Waals surface area (Å²) >= 11 is 1.80. The van der Waals surface area contributed by atoms with Gasteiger partial charge < -0.3 is 9.64 Å². The van der Waals surface area contributed by atoms with E-state index in [4.69, 9.17) is 4.74 Å². The van der Waals surface area contributed by atoms with E-state index in [2.05, 4.69) is 13.0 Å². The Morgan fingerprint density at radius 2 is 1.75 bits per heavy atom.